The van der Waals surface area contributed by atoms with Gasteiger partial charge in [-0.2, -0.15) is 13.2 Å². The summed E-state index contributed by atoms with van der Waals surface area (Å²) in [6, 6.07) is 0.690. The number of hydrogen-bond donors (Lipinski definition) is 2. The van der Waals surface area contributed by atoms with E-state index in [1.165, 1.54) is 0 Å². The molecule has 1 aromatic rings. The molecule has 0 aromatic carbocycles. The van der Waals surface area contributed by atoms with Crippen LogP contribution in [0.4, 0.5) is 13.2 Å². The third kappa shape index (κ3) is 4.57. The Bertz CT molecular complexity index is 655. The second kappa shape index (κ2) is 6.84. The van der Waals surface area contributed by atoms with Gasteiger partial charge in [-0.25, -0.2) is 0 Å². The Morgan fingerprint density at radius 3 is 2.74 bits per heavy atom. The predicted molar refractivity (Wildman–Crippen MR) is 74.5 cm³/mol. The summed E-state index contributed by atoms with van der Waals surface area (Å²) >= 11 is 0. The van der Waals surface area contributed by atoms with Crippen LogP contribution in [0.2, 0.25) is 0 Å². The van der Waals surface area contributed by atoms with Crippen molar-refractivity contribution in [3.8, 4) is 0 Å². The Hall–Kier alpha value is -2.32. The Kier molecular flexibility index (Phi) is 5.07. The number of halogens is 3. The van der Waals surface area contributed by atoms with E-state index in [2.05, 4.69) is 10.6 Å². The van der Waals surface area contributed by atoms with Crippen LogP contribution in [0.3, 0.4) is 0 Å². The van der Waals surface area contributed by atoms with Crippen LogP contribution < -0.4 is 16.2 Å². The molecule has 1 aromatic heterocycles. The highest BCUT2D eigenvalue weighted by Crippen LogP contribution is 2.27. The van der Waals surface area contributed by atoms with Crippen molar-refractivity contribution in [1.29, 1.82) is 0 Å². The zero-order chi connectivity index (χ0) is 17.0. The van der Waals surface area contributed by atoms with Gasteiger partial charge in [0.1, 0.15) is 12.6 Å². The zero-order valence-electron chi connectivity index (χ0n) is 12.2. The number of aromatic nitrogens is 1. The molecule has 2 amide bonds. The average Bonchev–Trinajstić information content (AvgIpc) is 2.65. The molecule has 1 atom stereocenters. The fraction of sp³-hybridized carbons (Fsp3) is 0.500. The summed E-state index contributed by atoms with van der Waals surface area (Å²) in [6.45, 7) is -0.0508. The van der Waals surface area contributed by atoms with Gasteiger partial charge in [0, 0.05) is 18.8 Å². The predicted octanol–water partition coefficient (Wildman–Crippen LogP) is 0.652. The van der Waals surface area contributed by atoms with Gasteiger partial charge < -0.3 is 15.2 Å². The van der Waals surface area contributed by atoms with E-state index in [1.807, 2.05) is 0 Å². The van der Waals surface area contributed by atoms with E-state index >= 15 is 0 Å². The smallest absolute Gasteiger partial charge is 0.354 e. The third-order valence-electron chi connectivity index (χ3n) is 3.50. The van der Waals surface area contributed by atoms with E-state index in [4.69, 9.17) is 0 Å². The number of alkyl halides is 3. The lowest BCUT2D eigenvalue weighted by molar-refractivity contribution is -0.138. The summed E-state index contributed by atoms with van der Waals surface area (Å²) in [5.74, 6) is -1.01. The fourth-order valence-electron chi connectivity index (χ4n) is 2.29. The van der Waals surface area contributed by atoms with Crippen LogP contribution in [0.25, 0.3) is 0 Å². The lowest BCUT2D eigenvalue weighted by Gasteiger charge is -2.16. The van der Waals surface area contributed by atoms with Crippen molar-refractivity contribution < 1.29 is 22.8 Å². The highest BCUT2D eigenvalue weighted by Gasteiger charge is 2.31. The Morgan fingerprint density at radius 2 is 2.04 bits per heavy atom. The van der Waals surface area contributed by atoms with Gasteiger partial charge >= 0.3 is 6.18 Å². The molecule has 2 N–H and O–H groups in total. The highest BCUT2D eigenvalue weighted by molar-refractivity contribution is 5.87. The number of carbonyl (C=O) groups excluding carboxylic acids is 2. The minimum absolute atomic E-state index is 0.327. The normalized spacial score (nSPS) is 18.9. The fourth-order valence-corrected chi connectivity index (χ4v) is 2.29. The quantitative estimate of drug-likeness (QED) is 0.853. The van der Waals surface area contributed by atoms with Crippen molar-refractivity contribution in [1.82, 2.24) is 15.2 Å². The molecule has 0 radical (unpaired) electrons. The van der Waals surface area contributed by atoms with Crippen LogP contribution in [0.5, 0.6) is 0 Å². The van der Waals surface area contributed by atoms with E-state index in [9.17, 15) is 27.6 Å². The van der Waals surface area contributed by atoms with Crippen LogP contribution in [0, 0.1) is 0 Å². The summed E-state index contributed by atoms with van der Waals surface area (Å²) in [6.07, 6.45) is -2.02. The highest BCUT2D eigenvalue weighted by atomic mass is 19.4. The number of rotatable bonds is 3. The van der Waals surface area contributed by atoms with Gasteiger partial charge in [-0.3, -0.25) is 14.4 Å². The van der Waals surface area contributed by atoms with Crippen LogP contribution >= 0.6 is 0 Å². The summed E-state index contributed by atoms with van der Waals surface area (Å²) in [7, 11) is 0. The van der Waals surface area contributed by atoms with E-state index in [0.29, 0.717) is 29.8 Å². The lowest BCUT2D eigenvalue weighted by Crippen LogP contribution is -2.47. The molecule has 1 aliphatic heterocycles. The Morgan fingerprint density at radius 1 is 1.30 bits per heavy atom. The van der Waals surface area contributed by atoms with Gasteiger partial charge in [0.05, 0.1) is 5.56 Å². The first-order valence-electron chi connectivity index (χ1n) is 7.12. The summed E-state index contributed by atoms with van der Waals surface area (Å²) in [5, 5.41) is 5.08. The first-order valence-corrected chi connectivity index (χ1v) is 7.12. The summed E-state index contributed by atoms with van der Waals surface area (Å²) in [5.41, 5.74) is -1.74. The van der Waals surface area contributed by atoms with Gasteiger partial charge in [-0.1, -0.05) is 0 Å². The molecule has 1 fully saturated rings. The molecule has 1 aliphatic rings. The maximum absolute atomic E-state index is 12.6. The van der Waals surface area contributed by atoms with Gasteiger partial charge in [0.25, 0.3) is 5.56 Å². The molecule has 1 saturated heterocycles. The molecule has 23 heavy (non-hydrogen) atoms. The summed E-state index contributed by atoms with van der Waals surface area (Å²) in [4.78, 5) is 35.2. The molecule has 2 heterocycles. The molecule has 9 heteroatoms. The minimum atomic E-state index is -4.60. The van der Waals surface area contributed by atoms with Crippen LogP contribution in [-0.4, -0.2) is 29.0 Å². The molecule has 0 bridgehead atoms. The van der Waals surface area contributed by atoms with Crippen molar-refractivity contribution in [2.75, 3.05) is 6.54 Å². The second-order valence-corrected chi connectivity index (χ2v) is 5.29. The minimum Gasteiger partial charge on any atom is -0.354 e. The van der Waals surface area contributed by atoms with E-state index < -0.39 is 35.8 Å². The lowest BCUT2D eigenvalue weighted by atomic mass is 10.1. The standard InChI is InChI=1S/C14H16F3N3O3/c15-14(16,17)9-4-5-12(22)20(7-9)8-11(21)19-10-3-1-2-6-18-13(10)23/h4-5,7,10H,1-3,6,8H2,(H,18,23)(H,19,21)/t10-/m1/s1. The SMILES string of the molecule is O=C(Cn1cc(C(F)(F)F)ccc1=O)N[C@@H]1CCCCNC1=O. The molecular formula is C14H16F3N3O3. The van der Waals surface area contributed by atoms with E-state index in [0.717, 1.165) is 18.9 Å². The molecule has 2 rings (SSSR count). The number of carbonyl (C=O) groups is 2. The Balaban J connectivity index is 2.08. The maximum atomic E-state index is 12.6. The molecule has 0 aliphatic carbocycles. The van der Waals surface area contributed by atoms with E-state index in [-0.39, 0.29) is 5.91 Å². The van der Waals surface area contributed by atoms with Gasteiger partial charge in [0.2, 0.25) is 11.8 Å². The zero-order valence-corrected chi connectivity index (χ0v) is 12.2. The summed E-state index contributed by atoms with van der Waals surface area (Å²) < 4.78 is 38.6. The van der Waals surface area contributed by atoms with Gasteiger partial charge in [-0.05, 0) is 25.3 Å². The number of pyridine rings is 1. The third-order valence-corrected chi connectivity index (χ3v) is 3.50. The van der Waals surface area contributed by atoms with Crippen molar-refractivity contribution >= 4 is 11.8 Å². The number of amides is 2. The van der Waals surface area contributed by atoms with Crippen molar-refractivity contribution in [2.45, 2.75) is 38.0 Å². The first-order chi connectivity index (χ1) is 10.8. The van der Waals surface area contributed by atoms with Crippen molar-refractivity contribution in [3.05, 3.63) is 34.2 Å². The largest absolute Gasteiger partial charge is 0.417 e. The Labute approximate surface area is 129 Å². The topological polar surface area (TPSA) is 80.2 Å². The average molecular weight is 331 g/mol. The number of nitrogens with one attached hydrogen (secondary N) is 2. The van der Waals surface area contributed by atoms with Crippen LogP contribution in [-0.2, 0) is 22.3 Å². The maximum Gasteiger partial charge on any atom is 0.417 e. The molecule has 126 valence electrons. The van der Waals surface area contributed by atoms with Crippen LogP contribution in [0.15, 0.2) is 23.1 Å². The number of nitrogens with zero attached hydrogens (tertiary/aromatic N) is 1. The molecule has 0 saturated carbocycles. The van der Waals surface area contributed by atoms with Crippen molar-refractivity contribution in [3.63, 3.8) is 0 Å². The second-order valence-electron chi connectivity index (χ2n) is 5.29. The monoisotopic (exact) mass is 331 g/mol. The first kappa shape index (κ1) is 17.0. The molecule has 0 spiro atoms. The van der Waals surface area contributed by atoms with Crippen LogP contribution in [0.1, 0.15) is 24.8 Å². The van der Waals surface area contributed by atoms with Gasteiger partial charge in [0.15, 0.2) is 0 Å². The van der Waals surface area contributed by atoms with E-state index in [1.54, 1.807) is 0 Å². The number of hydrogen-bond acceptors (Lipinski definition) is 3. The van der Waals surface area contributed by atoms with Gasteiger partial charge in [-0.15, -0.1) is 0 Å². The molecular weight excluding hydrogens is 315 g/mol. The molecule has 6 nitrogen and oxygen atoms in total. The molecule has 0 unspecified atom stereocenters. The van der Waals surface area contributed by atoms with Crippen molar-refractivity contribution in [2.24, 2.45) is 0 Å².